The fourth-order valence-corrected chi connectivity index (χ4v) is 1.89. The Bertz CT molecular complexity index is 715. The van der Waals surface area contributed by atoms with E-state index in [1.54, 1.807) is 12.3 Å². The molecule has 1 aromatic carbocycles. The smallest absolute Gasteiger partial charge is 0.316 e. The van der Waals surface area contributed by atoms with E-state index in [9.17, 15) is 4.79 Å². The van der Waals surface area contributed by atoms with Crippen LogP contribution in [0.1, 0.15) is 39.0 Å². The summed E-state index contributed by atoms with van der Waals surface area (Å²) in [6.07, 6.45) is 5.62. The predicted octanol–water partition coefficient (Wildman–Crippen LogP) is 4.60. The number of hydrogen-bond acceptors (Lipinski definition) is 4. The minimum absolute atomic E-state index is 0.291. The van der Waals surface area contributed by atoms with Crippen LogP contribution in [0.4, 0.5) is 0 Å². The fraction of sp³-hybridized carbons (Fsp3) is 0.300. The maximum atomic E-state index is 12.1. The molecule has 0 spiro atoms. The molecule has 1 aromatic heterocycles. The van der Waals surface area contributed by atoms with Gasteiger partial charge in [-0.05, 0) is 63.6 Å². The van der Waals surface area contributed by atoms with Crippen LogP contribution in [0.3, 0.4) is 0 Å². The summed E-state index contributed by atoms with van der Waals surface area (Å²) in [6.45, 7) is 7.85. The molecule has 0 saturated heterocycles. The van der Waals surface area contributed by atoms with Crippen molar-refractivity contribution >= 4 is 18.1 Å². The number of aromatic nitrogens is 1. The molecule has 4 nitrogen and oxygen atoms in total. The average Bonchev–Trinajstić information content (AvgIpc) is 2.55. The normalized spacial score (nSPS) is 11.5. The standard InChI is InChI=1S/C20H23NO3/c1-5-23-18-14-15(9-11-16-8-6-7-13-21-16)10-12-17(18)24-19(22)20(2,3)4/h6-14H,5H2,1-4H3/b11-9+. The lowest BCUT2D eigenvalue weighted by molar-refractivity contribution is -0.143. The molecule has 0 fully saturated rings. The summed E-state index contributed by atoms with van der Waals surface area (Å²) in [4.78, 5) is 16.3. The van der Waals surface area contributed by atoms with Crippen molar-refractivity contribution in [2.75, 3.05) is 6.61 Å². The largest absolute Gasteiger partial charge is 0.490 e. The Morgan fingerprint density at radius 1 is 1.12 bits per heavy atom. The van der Waals surface area contributed by atoms with Gasteiger partial charge in [0.1, 0.15) is 0 Å². The lowest BCUT2D eigenvalue weighted by Gasteiger charge is -2.18. The Kier molecular flexibility index (Phi) is 5.74. The number of rotatable bonds is 5. The molecule has 0 aliphatic carbocycles. The van der Waals surface area contributed by atoms with Gasteiger partial charge in [-0.15, -0.1) is 0 Å². The maximum absolute atomic E-state index is 12.1. The van der Waals surface area contributed by atoms with Crippen molar-refractivity contribution in [3.63, 3.8) is 0 Å². The van der Waals surface area contributed by atoms with E-state index in [-0.39, 0.29) is 5.97 Å². The molecule has 0 N–H and O–H groups in total. The molecule has 0 unspecified atom stereocenters. The van der Waals surface area contributed by atoms with Gasteiger partial charge in [0.2, 0.25) is 0 Å². The third-order valence-electron chi connectivity index (χ3n) is 3.22. The van der Waals surface area contributed by atoms with E-state index in [4.69, 9.17) is 9.47 Å². The molecule has 2 rings (SSSR count). The monoisotopic (exact) mass is 325 g/mol. The first-order valence-electron chi connectivity index (χ1n) is 7.98. The van der Waals surface area contributed by atoms with Crippen LogP contribution in [0.5, 0.6) is 11.5 Å². The van der Waals surface area contributed by atoms with E-state index in [0.717, 1.165) is 11.3 Å². The molecule has 0 bridgehead atoms. The zero-order chi connectivity index (χ0) is 17.6. The Labute approximate surface area is 143 Å². The lowest BCUT2D eigenvalue weighted by atomic mass is 9.97. The first-order chi connectivity index (χ1) is 11.4. The Hall–Kier alpha value is -2.62. The molecule has 1 heterocycles. The van der Waals surface area contributed by atoms with Gasteiger partial charge in [-0.2, -0.15) is 0 Å². The summed E-state index contributed by atoms with van der Waals surface area (Å²) in [5.74, 6) is 0.699. The van der Waals surface area contributed by atoms with Gasteiger partial charge in [-0.1, -0.05) is 18.2 Å². The number of esters is 1. The number of pyridine rings is 1. The van der Waals surface area contributed by atoms with Gasteiger partial charge >= 0.3 is 5.97 Å². The first-order valence-corrected chi connectivity index (χ1v) is 7.98. The van der Waals surface area contributed by atoms with Crippen LogP contribution in [-0.4, -0.2) is 17.6 Å². The molecular weight excluding hydrogens is 302 g/mol. The van der Waals surface area contributed by atoms with Crippen LogP contribution in [0, 0.1) is 5.41 Å². The summed E-state index contributed by atoms with van der Waals surface area (Å²) in [6, 6.07) is 11.2. The third kappa shape index (κ3) is 4.95. The van der Waals surface area contributed by atoms with Gasteiger partial charge in [0.15, 0.2) is 11.5 Å². The van der Waals surface area contributed by atoms with E-state index < -0.39 is 5.41 Å². The number of carbonyl (C=O) groups is 1. The first kappa shape index (κ1) is 17.7. The van der Waals surface area contributed by atoms with Crippen molar-refractivity contribution in [1.82, 2.24) is 4.98 Å². The molecular formula is C20H23NO3. The zero-order valence-electron chi connectivity index (χ0n) is 14.6. The number of nitrogens with zero attached hydrogens (tertiary/aromatic N) is 1. The van der Waals surface area contributed by atoms with Crippen molar-refractivity contribution in [1.29, 1.82) is 0 Å². The fourth-order valence-electron chi connectivity index (χ4n) is 1.89. The zero-order valence-corrected chi connectivity index (χ0v) is 14.6. The molecule has 126 valence electrons. The highest BCUT2D eigenvalue weighted by atomic mass is 16.6. The second kappa shape index (κ2) is 7.77. The van der Waals surface area contributed by atoms with Crippen molar-refractivity contribution in [3.8, 4) is 11.5 Å². The molecule has 0 radical (unpaired) electrons. The number of ether oxygens (including phenoxy) is 2. The summed E-state index contributed by atoms with van der Waals surface area (Å²) in [7, 11) is 0. The van der Waals surface area contributed by atoms with E-state index in [1.807, 2.05) is 70.2 Å². The van der Waals surface area contributed by atoms with E-state index >= 15 is 0 Å². The number of benzene rings is 1. The van der Waals surface area contributed by atoms with Gasteiger partial charge in [-0.25, -0.2) is 0 Å². The second-order valence-electron chi connectivity index (χ2n) is 6.37. The quantitative estimate of drug-likeness (QED) is 0.595. The highest BCUT2D eigenvalue weighted by Crippen LogP contribution is 2.31. The molecule has 0 atom stereocenters. The van der Waals surface area contributed by atoms with Crippen LogP contribution in [0.25, 0.3) is 12.2 Å². The Balaban J connectivity index is 2.23. The minimum Gasteiger partial charge on any atom is -0.490 e. The molecule has 2 aromatic rings. The summed E-state index contributed by atoms with van der Waals surface area (Å²) < 4.78 is 11.1. The predicted molar refractivity (Wildman–Crippen MR) is 95.9 cm³/mol. The van der Waals surface area contributed by atoms with Crippen LogP contribution in [-0.2, 0) is 4.79 Å². The van der Waals surface area contributed by atoms with Gasteiger partial charge in [0.25, 0.3) is 0 Å². The van der Waals surface area contributed by atoms with Crippen molar-refractivity contribution in [2.24, 2.45) is 5.41 Å². The van der Waals surface area contributed by atoms with Gasteiger partial charge in [-0.3, -0.25) is 9.78 Å². The highest BCUT2D eigenvalue weighted by Gasteiger charge is 2.24. The molecule has 0 aliphatic heterocycles. The molecule has 0 amide bonds. The molecule has 0 saturated carbocycles. The Morgan fingerprint density at radius 2 is 1.92 bits per heavy atom. The summed E-state index contributed by atoms with van der Waals surface area (Å²) in [5, 5.41) is 0. The topological polar surface area (TPSA) is 48.4 Å². The highest BCUT2D eigenvalue weighted by molar-refractivity contribution is 5.79. The third-order valence-corrected chi connectivity index (χ3v) is 3.22. The van der Waals surface area contributed by atoms with Crippen molar-refractivity contribution in [3.05, 3.63) is 53.9 Å². The van der Waals surface area contributed by atoms with Gasteiger partial charge in [0.05, 0.1) is 17.7 Å². The molecule has 24 heavy (non-hydrogen) atoms. The minimum atomic E-state index is -0.568. The van der Waals surface area contributed by atoms with Gasteiger partial charge in [0, 0.05) is 6.20 Å². The van der Waals surface area contributed by atoms with E-state index in [1.165, 1.54) is 0 Å². The van der Waals surface area contributed by atoms with E-state index in [2.05, 4.69) is 4.98 Å². The average molecular weight is 325 g/mol. The number of hydrogen-bond donors (Lipinski definition) is 0. The van der Waals surface area contributed by atoms with Gasteiger partial charge < -0.3 is 9.47 Å². The van der Waals surface area contributed by atoms with Crippen molar-refractivity contribution in [2.45, 2.75) is 27.7 Å². The molecule has 4 heteroatoms. The summed E-state index contributed by atoms with van der Waals surface area (Å²) >= 11 is 0. The second-order valence-corrected chi connectivity index (χ2v) is 6.37. The lowest BCUT2D eigenvalue weighted by Crippen LogP contribution is -2.25. The summed E-state index contributed by atoms with van der Waals surface area (Å²) in [5.41, 5.74) is 1.25. The van der Waals surface area contributed by atoms with Crippen LogP contribution in [0.15, 0.2) is 42.6 Å². The molecule has 0 aliphatic rings. The van der Waals surface area contributed by atoms with Crippen LogP contribution >= 0.6 is 0 Å². The van der Waals surface area contributed by atoms with Crippen molar-refractivity contribution < 1.29 is 14.3 Å². The van der Waals surface area contributed by atoms with Crippen LogP contribution in [0.2, 0.25) is 0 Å². The maximum Gasteiger partial charge on any atom is 0.316 e. The number of carbonyl (C=O) groups excluding carboxylic acids is 1. The van der Waals surface area contributed by atoms with Crippen LogP contribution < -0.4 is 9.47 Å². The van der Waals surface area contributed by atoms with E-state index in [0.29, 0.717) is 18.1 Å². The SMILES string of the molecule is CCOc1cc(/C=C/c2ccccn2)ccc1OC(=O)C(C)(C)C. The Morgan fingerprint density at radius 3 is 2.54 bits per heavy atom.